The molecule has 1 unspecified atom stereocenters. The third-order valence-electron chi connectivity index (χ3n) is 6.38. The van der Waals surface area contributed by atoms with Crippen LogP contribution >= 0.6 is 0 Å². The molecule has 3 heterocycles. The summed E-state index contributed by atoms with van der Waals surface area (Å²) in [6.45, 7) is 1.01. The Hall–Kier alpha value is -3.58. The average molecular weight is 503 g/mol. The normalized spacial score (nSPS) is 15.4. The number of halogens is 1. The number of hydrogen-bond donors (Lipinski definition) is 1. The number of rotatable bonds is 8. The van der Waals surface area contributed by atoms with Crippen molar-refractivity contribution in [3.05, 3.63) is 74.5 Å². The van der Waals surface area contributed by atoms with Gasteiger partial charge in [-0.05, 0) is 38.0 Å². The van der Waals surface area contributed by atoms with Gasteiger partial charge in [0.25, 0.3) is 16.8 Å². The van der Waals surface area contributed by atoms with E-state index in [0.717, 1.165) is 8.87 Å². The molecule has 0 amide bonds. The Morgan fingerprint density at radius 1 is 1.23 bits per heavy atom. The van der Waals surface area contributed by atoms with Gasteiger partial charge in [0.05, 0.1) is 47.6 Å². The fourth-order valence-electron chi connectivity index (χ4n) is 4.27. The molecule has 3 aromatic heterocycles. The minimum atomic E-state index is -2.50. The van der Waals surface area contributed by atoms with E-state index in [0.29, 0.717) is 35.2 Å². The topological polar surface area (TPSA) is 128 Å². The van der Waals surface area contributed by atoms with Gasteiger partial charge in [-0.3, -0.25) is 27.5 Å². The first-order valence-electron chi connectivity index (χ1n) is 10.9. The van der Waals surface area contributed by atoms with Gasteiger partial charge in [-0.1, -0.05) is 5.16 Å². The van der Waals surface area contributed by atoms with Gasteiger partial charge in [-0.15, -0.1) is 0 Å². The number of aromatic nitrogens is 5. The van der Waals surface area contributed by atoms with Gasteiger partial charge in [0.1, 0.15) is 12.4 Å². The Bertz CT molecular complexity index is 1570. The number of fused-ring (bicyclic) bond motifs is 1. The first-order valence-corrected chi connectivity index (χ1v) is 11.9. The Morgan fingerprint density at radius 3 is 2.57 bits per heavy atom. The van der Waals surface area contributed by atoms with Crippen LogP contribution in [0.4, 0.5) is 10.1 Å². The molecule has 0 bridgehead atoms. The zero-order valence-electron chi connectivity index (χ0n) is 19.0. The minimum Gasteiger partial charge on any atom is -0.361 e. The van der Waals surface area contributed by atoms with Crippen molar-refractivity contribution in [2.75, 3.05) is 11.0 Å². The zero-order valence-corrected chi connectivity index (χ0v) is 19.9. The number of alkyl halides is 1. The lowest BCUT2D eigenvalue weighted by Crippen LogP contribution is -2.42. The third kappa shape index (κ3) is 4.00. The quantitative estimate of drug-likeness (QED) is 0.364. The summed E-state index contributed by atoms with van der Waals surface area (Å²) in [5.41, 5.74) is -0.299. The second-order valence-electron chi connectivity index (χ2n) is 8.77. The van der Waals surface area contributed by atoms with E-state index in [9.17, 15) is 22.7 Å². The lowest BCUT2D eigenvalue weighted by Gasteiger charge is -2.28. The van der Waals surface area contributed by atoms with Crippen LogP contribution in [0.1, 0.15) is 29.7 Å². The van der Waals surface area contributed by atoms with Crippen molar-refractivity contribution < 1.29 is 17.7 Å². The Balaban J connectivity index is 1.73. The maximum atomic E-state index is 13.8. The van der Waals surface area contributed by atoms with Crippen molar-refractivity contribution in [1.29, 1.82) is 0 Å². The highest BCUT2D eigenvalue weighted by Gasteiger charge is 2.51. The summed E-state index contributed by atoms with van der Waals surface area (Å²) < 4.78 is 46.2. The molecule has 184 valence electrons. The minimum absolute atomic E-state index is 0.0155. The first kappa shape index (κ1) is 23.2. The van der Waals surface area contributed by atoms with E-state index in [2.05, 4.69) is 10.3 Å². The van der Waals surface area contributed by atoms with Crippen LogP contribution in [0.15, 0.2) is 50.9 Å². The van der Waals surface area contributed by atoms with E-state index in [-0.39, 0.29) is 24.2 Å². The van der Waals surface area contributed by atoms with Crippen LogP contribution < -0.4 is 15.6 Å². The van der Waals surface area contributed by atoms with E-state index >= 15 is 0 Å². The standard InChI is InChI=1S/C22H23FN6O5S/c1-14-16(9-25-34-14)12-27-19-4-3-17(29(35(32)33)22(13-23)5-6-22)7-18(19)20(30)28(21(27)31)11-15-8-24-26(2)10-15/h3-4,7-10H,5-6,11-13H2,1-2H3,(H,32,33). The molecule has 1 saturated carbocycles. The molecule has 0 saturated heterocycles. The van der Waals surface area contributed by atoms with E-state index in [1.807, 2.05) is 0 Å². The molecule has 1 N–H and O–H groups in total. The number of hydrogen-bond acceptors (Lipinski definition) is 6. The van der Waals surface area contributed by atoms with Gasteiger partial charge >= 0.3 is 5.69 Å². The number of nitrogens with zero attached hydrogens (tertiary/aromatic N) is 6. The van der Waals surface area contributed by atoms with Gasteiger partial charge in [0, 0.05) is 24.4 Å². The van der Waals surface area contributed by atoms with Gasteiger partial charge in [-0.25, -0.2) is 13.4 Å². The Morgan fingerprint density at radius 2 is 2.00 bits per heavy atom. The number of anilines is 1. The van der Waals surface area contributed by atoms with Crippen LogP contribution in [-0.4, -0.2) is 45.0 Å². The Labute approximate surface area is 200 Å². The van der Waals surface area contributed by atoms with Crippen LogP contribution in [0.3, 0.4) is 0 Å². The highest BCUT2D eigenvalue weighted by molar-refractivity contribution is 7.80. The summed E-state index contributed by atoms with van der Waals surface area (Å²) in [7, 11) is 1.73. The molecule has 0 spiro atoms. The summed E-state index contributed by atoms with van der Waals surface area (Å²) in [5, 5.41) is 8.02. The summed E-state index contributed by atoms with van der Waals surface area (Å²) in [6, 6.07) is 4.50. The molecule has 13 heteroatoms. The summed E-state index contributed by atoms with van der Waals surface area (Å²) in [4.78, 5) is 27.0. The molecular formula is C22H23FN6O5S. The molecule has 4 aromatic rings. The molecule has 1 fully saturated rings. The van der Waals surface area contributed by atoms with Gasteiger partial charge in [-0.2, -0.15) is 5.10 Å². The molecule has 0 aliphatic heterocycles. The molecule has 1 aliphatic carbocycles. The van der Waals surface area contributed by atoms with E-state index < -0.39 is 34.7 Å². The fourth-order valence-corrected chi connectivity index (χ4v) is 5.13. The lowest BCUT2D eigenvalue weighted by molar-refractivity contribution is 0.395. The first-order chi connectivity index (χ1) is 16.7. The van der Waals surface area contributed by atoms with Crippen molar-refractivity contribution in [1.82, 2.24) is 24.1 Å². The van der Waals surface area contributed by atoms with Crippen LogP contribution in [0.5, 0.6) is 0 Å². The van der Waals surface area contributed by atoms with Crippen molar-refractivity contribution in [3.63, 3.8) is 0 Å². The Kier molecular flexibility index (Phi) is 5.68. The van der Waals surface area contributed by atoms with Gasteiger partial charge in [0.2, 0.25) is 0 Å². The summed E-state index contributed by atoms with van der Waals surface area (Å²) >= 11 is -2.50. The smallest absolute Gasteiger partial charge is 0.332 e. The van der Waals surface area contributed by atoms with Crippen LogP contribution in [0.2, 0.25) is 0 Å². The monoisotopic (exact) mass is 502 g/mol. The lowest BCUT2D eigenvalue weighted by atomic mass is 10.1. The number of aryl methyl sites for hydroxylation is 2. The van der Waals surface area contributed by atoms with Gasteiger partial charge < -0.3 is 4.52 Å². The fraction of sp³-hybridized carbons (Fsp3) is 0.364. The van der Waals surface area contributed by atoms with Crippen molar-refractivity contribution in [3.8, 4) is 0 Å². The maximum Gasteiger partial charge on any atom is 0.332 e. The van der Waals surface area contributed by atoms with Crippen LogP contribution in [0, 0.1) is 6.92 Å². The van der Waals surface area contributed by atoms with E-state index in [1.54, 1.807) is 37.1 Å². The highest BCUT2D eigenvalue weighted by Crippen LogP contribution is 2.45. The summed E-state index contributed by atoms with van der Waals surface area (Å²) in [5.74, 6) is 0.534. The zero-order chi connectivity index (χ0) is 24.9. The van der Waals surface area contributed by atoms with Crippen molar-refractivity contribution >= 4 is 27.9 Å². The molecule has 5 rings (SSSR count). The summed E-state index contributed by atoms with van der Waals surface area (Å²) in [6.07, 6.45) is 5.62. The molecule has 35 heavy (non-hydrogen) atoms. The van der Waals surface area contributed by atoms with E-state index in [1.165, 1.54) is 22.9 Å². The van der Waals surface area contributed by atoms with Crippen molar-refractivity contribution in [2.24, 2.45) is 7.05 Å². The molecule has 1 atom stereocenters. The predicted octanol–water partition coefficient (Wildman–Crippen LogP) is 1.73. The second-order valence-corrected chi connectivity index (χ2v) is 9.60. The van der Waals surface area contributed by atoms with E-state index in [4.69, 9.17) is 4.52 Å². The molecule has 1 aromatic carbocycles. The van der Waals surface area contributed by atoms with Gasteiger partial charge in [0.15, 0.2) is 0 Å². The highest BCUT2D eigenvalue weighted by atomic mass is 32.2. The maximum absolute atomic E-state index is 13.8. The third-order valence-corrected chi connectivity index (χ3v) is 7.29. The SMILES string of the molecule is Cc1oncc1Cn1c(=O)n(Cc2cnn(C)c2)c(=O)c2cc(N(S(=O)O)C3(CF)CC3)ccc21. The number of benzene rings is 1. The van der Waals surface area contributed by atoms with Crippen LogP contribution in [-0.2, 0) is 31.4 Å². The van der Waals surface area contributed by atoms with Crippen LogP contribution in [0.25, 0.3) is 10.9 Å². The molecule has 0 radical (unpaired) electrons. The second kappa shape index (κ2) is 8.57. The molecule has 1 aliphatic rings. The molecule has 11 nitrogen and oxygen atoms in total. The largest absolute Gasteiger partial charge is 0.361 e. The predicted molar refractivity (Wildman–Crippen MR) is 126 cm³/mol. The average Bonchev–Trinajstić information content (AvgIpc) is 3.33. The molecular weight excluding hydrogens is 479 g/mol. The van der Waals surface area contributed by atoms with Crippen molar-refractivity contribution in [2.45, 2.75) is 38.4 Å².